The number of Topliss-reactive ketones (excluding diaryl/α,β-unsaturated/α-hetero) is 1. The molecular formula is C11H17NO2. The molecule has 2 atom stereocenters. The van der Waals surface area contributed by atoms with Gasteiger partial charge in [0.2, 0.25) is 0 Å². The largest absolute Gasteiger partial charge is 0.370 e. The highest BCUT2D eigenvalue weighted by atomic mass is 16.5. The van der Waals surface area contributed by atoms with Crippen molar-refractivity contribution in [2.75, 3.05) is 6.61 Å². The van der Waals surface area contributed by atoms with Crippen LogP contribution in [0, 0.1) is 23.2 Å². The SMILES string of the molecule is CC(C)CC(C#N)C(=O)C1CCCO1. The zero-order valence-electron chi connectivity index (χ0n) is 8.82. The lowest BCUT2D eigenvalue weighted by molar-refractivity contribution is -0.130. The van der Waals surface area contributed by atoms with Crippen molar-refractivity contribution in [2.45, 2.75) is 39.2 Å². The molecule has 2 unspecified atom stereocenters. The third-order valence-corrected chi connectivity index (χ3v) is 2.45. The summed E-state index contributed by atoms with van der Waals surface area (Å²) in [7, 11) is 0. The molecule has 0 bridgehead atoms. The maximum Gasteiger partial charge on any atom is 0.178 e. The van der Waals surface area contributed by atoms with Crippen LogP contribution in [0.25, 0.3) is 0 Å². The number of hydrogen-bond donors (Lipinski definition) is 0. The van der Waals surface area contributed by atoms with Crippen molar-refractivity contribution in [3.8, 4) is 6.07 Å². The van der Waals surface area contributed by atoms with E-state index in [9.17, 15) is 4.79 Å². The van der Waals surface area contributed by atoms with E-state index < -0.39 is 5.92 Å². The monoisotopic (exact) mass is 195 g/mol. The molecule has 1 aliphatic rings. The zero-order chi connectivity index (χ0) is 10.6. The number of hydrogen-bond acceptors (Lipinski definition) is 3. The molecule has 1 aliphatic heterocycles. The van der Waals surface area contributed by atoms with E-state index in [4.69, 9.17) is 10.00 Å². The van der Waals surface area contributed by atoms with Gasteiger partial charge in [0.1, 0.15) is 12.0 Å². The van der Waals surface area contributed by atoms with Gasteiger partial charge in [-0.25, -0.2) is 0 Å². The Balaban J connectivity index is 2.51. The van der Waals surface area contributed by atoms with Gasteiger partial charge in [-0.05, 0) is 25.2 Å². The molecule has 3 heteroatoms. The van der Waals surface area contributed by atoms with E-state index in [2.05, 4.69) is 6.07 Å². The van der Waals surface area contributed by atoms with Crippen molar-refractivity contribution in [1.29, 1.82) is 5.26 Å². The number of ether oxygens (including phenoxy) is 1. The summed E-state index contributed by atoms with van der Waals surface area (Å²) >= 11 is 0. The number of carbonyl (C=O) groups is 1. The molecule has 1 saturated heterocycles. The summed E-state index contributed by atoms with van der Waals surface area (Å²) in [5, 5.41) is 8.88. The predicted octanol–water partition coefficient (Wildman–Crippen LogP) is 1.92. The molecule has 1 fully saturated rings. The fourth-order valence-corrected chi connectivity index (χ4v) is 1.73. The number of rotatable bonds is 4. The van der Waals surface area contributed by atoms with E-state index in [1.54, 1.807) is 0 Å². The molecule has 0 saturated carbocycles. The first-order valence-electron chi connectivity index (χ1n) is 5.20. The summed E-state index contributed by atoms with van der Waals surface area (Å²) < 4.78 is 5.28. The van der Waals surface area contributed by atoms with Crippen LogP contribution in [0.1, 0.15) is 33.1 Å². The first-order chi connectivity index (χ1) is 6.65. The fraction of sp³-hybridized carbons (Fsp3) is 0.818. The molecule has 0 aromatic heterocycles. The van der Waals surface area contributed by atoms with Gasteiger partial charge in [-0.1, -0.05) is 13.8 Å². The smallest absolute Gasteiger partial charge is 0.178 e. The molecule has 78 valence electrons. The Morgan fingerprint density at radius 1 is 1.64 bits per heavy atom. The molecule has 0 spiro atoms. The zero-order valence-corrected chi connectivity index (χ0v) is 8.82. The minimum atomic E-state index is -0.474. The third-order valence-electron chi connectivity index (χ3n) is 2.45. The van der Waals surface area contributed by atoms with Crippen LogP contribution in [0.15, 0.2) is 0 Å². The molecule has 0 N–H and O–H groups in total. The number of ketones is 1. The standard InChI is InChI=1S/C11H17NO2/c1-8(2)6-9(7-12)11(13)10-4-3-5-14-10/h8-10H,3-6H2,1-2H3. The van der Waals surface area contributed by atoms with E-state index in [-0.39, 0.29) is 11.9 Å². The number of carbonyl (C=O) groups excluding carboxylic acids is 1. The first kappa shape index (κ1) is 11.2. The predicted molar refractivity (Wildman–Crippen MR) is 52.5 cm³/mol. The van der Waals surface area contributed by atoms with Gasteiger partial charge in [0.15, 0.2) is 5.78 Å². The molecule has 0 amide bonds. The highest BCUT2D eigenvalue weighted by Gasteiger charge is 2.30. The van der Waals surface area contributed by atoms with Crippen LogP contribution in [0.5, 0.6) is 0 Å². The van der Waals surface area contributed by atoms with Gasteiger partial charge < -0.3 is 4.74 Å². The van der Waals surface area contributed by atoms with Gasteiger partial charge in [0.05, 0.1) is 6.07 Å². The average Bonchev–Trinajstić information content (AvgIpc) is 2.65. The maximum absolute atomic E-state index is 11.8. The van der Waals surface area contributed by atoms with Crippen molar-refractivity contribution in [3.63, 3.8) is 0 Å². The molecule has 14 heavy (non-hydrogen) atoms. The summed E-state index contributed by atoms with van der Waals surface area (Å²) in [6.45, 7) is 4.70. The van der Waals surface area contributed by atoms with Crippen molar-refractivity contribution in [3.05, 3.63) is 0 Å². The summed E-state index contributed by atoms with van der Waals surface area (Å²) in [6.07, 6.45) is 2.07. The van der Waals surface area contributed by atoms with E-state index in [1.807, 2.05) is 13.8 Å². The quantitative estimate of drug-likeness (QED) is 0.688. The van der Waals surface area contributed by atoms with Crippen molar-refractivity contribution >= 4 is 5.78 Å². The average molecular weight is 195 g/mol. The fourth-order valence-electron chi connectivity index (χ4n) is 1.73. The Hall–Kier alpha value is -0.880. The van der Waals surface area contributed by atoms with Gasteiger partial charge in [-0.2, -0.15) is 5.26 Å². The second-order valence-electron chi connectivity index (χ2n) is 4.22. The summed E-state index contributed by atoms with van der Waals surface area (Å²) in [4.78, 5) is 11.8. The number of nitriles is 1. The molecule has 1 rings (SSSR count). The second kappa shape index (κ2) is 5.11. The van der Waals surface area contributed by atoms with Crippen LogP contribution < -0.4 is 0 Å². The summed E-state index contributed by atoms with van der Waals surface area (Å²) in [5.41, 5.74) is 0. The summed E-state index contributed by atoms with van der Waals surface area (Å²) in [5.74, 6) is -0.109. The van der Waals surface area contributed by atoms with E-state index >= 15 is 0 Å². The van der Waals surface area contributed by atoms with E-state index in [1.165, 1.54) is 0 Å². The maximum atomic E-state index is 11.8. The van der Waals surface area contributed by atoms with Gasteiger partial charge in [0, 0.05) is 6.61 Å². The van der Waals surface area contributed by atoms with Crippen LogP contribution in [0.3, 0.4) is 0 Å². The topological polar surface area (TPSA) is 50.1 Å². The summed E-state index contributed by atoms with van der Waals surface area (Å²) in [6, 6.07) is 2.08. The van der Waals surface area contributed by atoms with Gasteiger partial charge >= 0.3 is 0 Å². The Morgan fingerprint density at radius 3 is 2.79 bits per heavy atom. The van der Waals surface area contributed by atoms with E-state index in [0.29, 0.717) is 18.9 Å². The molecule has 3 nitrogen and oxygen atoms in total. The Morgan fingerprint density at radius 2 is 2.36 bits per heavy atom. The van der Waals surface area contributed by atoms with Gasteiger partial charge in [0.25, 0.3) is 0 Å². The molecule has 0 aliphatic carbocycles. The molecule has 0 aromatic rings. The van der Waals surface area contributed by atoms with E-state index in [0.717, 1.165) is 12.8 Å². The minimum absolute atomic E-state index is 0.0151. The second-order valence-corrected chi connectivity index (χ2v) is 4.22. The van der Waals surface area contributed by atoms with Crippen LogP contribution in [-0.2, 0) is 9.53 Å². The molecule has 0 radical (unpaired) electrons. The van der Waals surface area contributed by atoms with Crippen LogP contribution in [-0.4, -0.2) is 18.5 Å². The lowest BCUT2D eigenvalue weighted by atomic mass is 9.91. The highest BCUT2D eigenvalue weighted by Crippen LogP contribution is 2.20. The molecule has 1 heterocycles. The minimum Gasteiger partial charge on any atom is -0.370 e. The highest BCUT2D eigenvalue weighted by molar-refractivity contribution is 5.87. The van der Waals surface area contributed by atoms with Crippen molar-refractivity contribution < 1.29 is 9.53 Å². The van der Waals surface area contributed by atoms with Crippen LogP contribution >= 0.6 is 0 Å². The Bertz CT molecular complexity index is 236. The first-order valence-corrected chi connectivity index (χ1v) is 5.20. The van der Waals surface area contributed by atoms with Crippen LogP contribution in [0.2, 0.25) is 0 Å². The molecular weight excluding hydrogens is 178 g/mol. The third kappa shape index (κ3) is 2.81. The normalized spacial score (nSPS) is 23.4. The van der Waals surface area contributed by atoms with Gasteiger partial charge in [-0.15, -0.1) is 0 Å². The Kier molecular flexibility index (Phi) is 4.09. The number of nitrogens with zero attached hydrogens (tertiary/aromatic N) is 1. The molecule has 0 aromatic carbocycles. The van der Waals surface area contributed by atoms with Crippen molar-refractivity contribution in [2.24, 2.45) is 11.8 Å². The van der Waals surface area contributed by atoms with Gasteiger partial charge in [-0.3, -0.25) is 4.79 Å². The lowest BCUT2D eigenvalue weighted by Crippen LogP contribution is -2.27. The van der Waals surface area contributed by atoms with Crippen molar-refractivity contribution in [1.82, 2.24) is 0 Å². The lowest BCUT2D eigenvalue weighted by Gasteiger charge is -2.14. The van der Waals surface area contributed by atoms with Crippen LogP contribution in [0.4, 0.5) is 0 Å². The Labute approximate surface area is 85.1 Å².